The molecule has 4 saturated carbocycles. The summed E-state index contributed by atoms with van der Waals surface area (Å²) in [4.78, 5) is 15.4. The van der Waals surface area contributed by atoms with E-state index in [0.29, 0.717) is 41.2 Å². The van der Waals surface area contributed by atoms with Gasteiger partial charge >= 0.3 is 0 Å². The van der Waals surface area contributed by atoms with E-state index in [-0.39, 0.29) is 23.0 Å². The summed E-state index contributed by atoms with van der Waals surface area (Å²) in [5.74, 6) is 3.72. The van der Waals surface area contributed by atoms with Gasteiger partial charge in [0.05, 0.1) is 17.8 Å². The van der Waals surface area contributed by atoms with Crippen LogP contribution in [0.4, 0.5) is 0 Å². The molecule has 1 aromatic rings. The maximum absolute atomic E-state index is 12.7. The van der Waals surface area contributed by atoms with Gasteiger partial charge in [-0.15, -0.1) is 0 Å². The molecule has 0 bridgehead atoms. The van der Waals surface area contributed by atoms with E-state index in [1.54, 1.807) is 5.57 Å². The molecule has 44 heavy (non-hydrogen) atoms. The van der Waals surface area contributed by atoms with E-state index in [1.165, 1.54) is 50.5 Å². The van der Waals surface area contributed by atoms with Crippen molar-refractivity contribution in [3.63, 3.8) is 0 Å². The van der Waals surface area contributed by atoms with Gasteiger partial charge in [0.15, 0.2) is 0 Å². The number of nitrogens with zero attached hydrogens (tertiary/aromatic N) is 1. The lowest BCUT2D eigenvalue weighted by molar-refractivity contribution is -0.148. The summed E-state index contributed by atoms with van der Waals surface area (Å²) in [6.07, 6.45) is 14.8. The molecule has 12 atom stereocenters. The van der Waals surface area contributed by atoms with E-state index in [2.05, 4.69) is 56.1 Å². The molecule has 1 amide bonds. The fraction of sp³-hybridized carbons (Fsp3) is 0.769. The quantitative estimate of drug-likeness (QED) is 0.364. The number of carbonyl (C=O) groups excluding carboxylic acids is 1. The molecule has 2 saturated heterocycles. The average molecular weight is 601 g/mol. The summed E-state index contributed by atoms with van der Waals surface area (Å²) in [7, 11) is 0. The van der Waals surface area contributed by atoms with Crippen molar-refractivity contribution in [2.75, 3.05) is 19.6 Å². The highest BCUT2D eigenvalue weighted by Crippen LogP contribution is 2.87. The zero-order chi connectivity index (χ0) is 30.5. The number of benzene rings is 1. The molecule has 0 aromatic heterocycles. The highest BCUT2D eigenvalue weighted by Gasteiger charge is 2.84. The highest BCUT2D eigenvalue weighted by atomic mass is 16.5. The second-order valence-corrected chi connectivity index (χ2v) is 17.1. The Morgan fingerprint density at radius 3 is 2.75 bits per heavy atom. The van der Waals surface area contributed by atoms with Crippen molar-refractivity contribution in [1.29, 1.82) is 0 Å². The zero-order valence-corrected chi connectivity index (χ0v) is 27.7. The van der Waals surface area contributed by atoms with Crippen molar-refractivity contribution in [1.82, 2.24) is 10.2 Å². The Morgan fingerprint density at radius 1 is 1.11 bits per heavy atom. The van der Waals surface area contributed by atoms with Crippen LogP contribution in [-0.2, 0) is 16.0 Å². The average Bonchev–Trinajstić information content (AvgIpc) is 3.34. The van der Waals surface area contributed by atoms with Gasteiger partial charge in [0.25, 0.3) is 0 Å². The van der Waals surface area contributed by atoms with Gasteiger partial charge in [-0.3, -0.25) is 9.69 Å². The largest absolute Gasteiger partial charge is 0.393 e. The number of aliphatic hydroxyl groups excluding tert-OH is 1. The first-order valence-corrected chi connectivity index (χ1v) is 18.2. The summed E-state index contributed by atoms with van der Waals surface area (Å²) in [5.41, 5.74) is 3.78. The summed E-state index contributed by atoms with van der Waals surface area (Å²) < 4.78 is 7.51. The molecular weight excluding hydrogens is 544 g/mol. The third kappa shape index (κ3) is 4.16. The number of aryl methyl sites for hydroxylation is 1. The van der Waals surface area contributed by atoms with Crippen molar-refractivity contribution >= 4 is 5.91 Å². The van der Waals surface area contributed by atoms with Crippen molar-refractivity contribution < 1.29 is 14.6 Å². The normalized spacial score (nSPS) is 48.9. The lowest BCUT2D eigenvalue weighted by atomic mass is 9.56. The summed E-state index contributed by atoms with van der Waals surface area (Å²) in [6.45, 7) is 12.9. The molecule has 1 aromatic carbocycles. The second-order valence-electron chi connectivity index (χ2n) is 17.1. The Kier molecular flexibility index (Phi) is 7.02. The maximum atomic E-state index is 12.7. The maximum Gasteiger partial charge on any atom is 0.220 e. The molecule has 240 valence electrons. The number of amides is 1. The molecule has 2 unspecified atom stereocenters. The zero-order valence-electron chi connectivity index (χ0n) is 27.7. The molecule has 0 radical (unpaired) electrons. The van der Waals surface area contributed by atoms with Crippen LogP contribution in [0.2, 0.25) is 0 Å². The number of nitrogens with one attached hydrogen (secondary N) is 1. The Hall–Kier alpha value is -1.69. The third-order valence-electron chi connectivity index (χ3n) is 15.2. The van der Waals surface area contributed by atoms with E-state index in [1.807, 2.05) is 18.2 Å². The van der Waals surface area contributed by atoms with Crippen molar-refractivity contribution in [3.8, 4) is 0 Å². The van der Waals surface area contributed by atoms with Crippen molar-refractivity contribution in [2.24, 2.45) is 45.8 Å². The minimum atomic E-state index is -0.133. The molecule has 2 N–H and O–H groups in total. The smallest absolute Gasteiger partial charge is 0.220 e. The van der Waals surface area contributed by atoms with E-state index in [0.717, 1.165) is 56.7 Å². The summed E-state index contributed by atoms with van der Waals surface area (Å²) in [5, 5.41) is 13.7. The fourth-order valence-corrected chi connectivity index (χ4v) is 13.0. The molecular formula is C39H56N2O3. The van der Waals surface area contributed by atoms with Crippen LogP contribution in [-0.4, -0.2) is 59.4 Å². The number of hydrogen-bond donors (Lipinski definition) is 2. The van der Waals surface area contributed by atoms with Gasteiger partial charge in [-0.25, -0.2) is 0 Å². The third-order valence-corrected chi connectivity index (χ3v) is 15.2. The number of rotatable bonds is 6. The van der Waals surface area contributed by atoms with Crippen LogP contribution in [0.15, 0.2) is 42.0 Å². The number of hydrogen-bond acceptors (Lipinski definition) is 4. The Bertz CT molecular complexity index is 1310. The van der Waals surface area contributed by atoms with Gasteiger partial charge in [0, 0.05) is 43.4 Å². The Balaban J connectivity index is 0.966. The topological polar surface area (TPSA) is 61.8 Å². The van der Waals surface area contributed by atoms with Gasteiger partial charge in [0.1, 0.15) is 0 Å². The van der Waals surface area contributed by atoms with Gasteiger partial charge in [-0.2, -0.15) is 0 Å². The van der Waals surface area contributed by atoms with Gasteiger partial charge < -0.3 is 15.2 Å². The van der Waals surface area contributed by atoms with Crippen LogP contribution in [0.3, 0.4) is 0 Å². The minimum absolute atomic E-state index is 0.0203. The Labute approximate surface area is 265 Å². The van der Waals surface area contributed by atoms with E-state index in [9.17, 15) is 9.90 Å². The molecule has 5 heteroatoms. The predicted molar refractivity (Wildman–Crippen MR) is 174 cm³/mol. The first-order chi connectivity index (χ1) is 21.1. The second kappa shape index (κ2) is 10.4. The van der Waals surface area contributed by atoms with E-state index >= 15 is 0 Å². The van der Waals surface area contributed by atoms with Crippen molar-refractivity contribution in [2.45, 2.75) is 122 Å². The van der Waals surface area contributed by atoms with Crippen LogP contribution in [0.5, 0.6) is 0 Å². The van der Waals surface area contributed by atoms with Crippen LogP contribution in [0.25, 0.3) is 0 Å². The SMILES string of the molecule is C[C@H]1C[C@H]2O[C@]3(CC[C@H]4[C@@H]5CC=C6C[C@@H](O)CC[C@]6(C)[C@H]5CC45CC53C)[C@H](C)[C@@H]2N(CCNC(=O)CCc2ccccc2)C1. The monoisotopic (exact) mass is 600 g/mol. The number of piperidine rings is 1. The lowest BCUT2D eigenvalue weighted by Crippen LogP contribution is -2.55. The van der Waals surface area contributed by atoms with Crippen LogP contribution < -0.4 is 5.32 Å². The summed E-state index contributed by atoms with van der Waals surface area (Å²) >= 11 is 0. The first-order valence-electron chi connectivity index (χ1n) is 18.2. The number of allylic oxidation sites excluding steroid dienone is 1. The standard InChI is InChI=1S/C39H56N2O3/c1-25-20-33-35(41(23-25)19-18-40-34(43)13-10-27-8-6-5-7-9-27)26(2)39(44-33)17-15-31-30-12-11-28-21-29(42)14-16-36(28,3)32(30)22-38(31)24-37(38,39)4/h5-9,11,25-26,29-33,35,42H,10,12-24H2,1-4H3,(H,40,43)/t25-,26+,29-,30-,31-,32-,33+,35-,36-,37?,38?,39+/m0/s1. The van der Waals surface area contributed by atoms with Gasteiger partial charge in [-0.1, -0.05) is 69.7 Å². The number of aliphatic hydroxyl groups is 1. The molecule has 6 fully saturated rings. The first kappa shape index (κ1) is 29.7. The Morgan fingerprint density at radius 2 is 1.93 bits per heavy atom. The molecule has 2 aliphatic heterocycles. The molecule has 5 nitrogen and oxygen atoms in total. The minimum Gasteiger partial charge on any atom is -0.393 e. The fourth-order valence-electron chi connectivity index (χ4n) is 13.0. The number of fused-ring (bicyclic) bond motifs is 6. The predicted octanol–water partition coefficient (Wildman–Crippen LogP) is 6.54. The van der Waals surface area contributed by atoms with Crippen LogP contribution in [0.1, 0.15) is 97.5 Å². The molecule has 5 aliphatic carbocycles. The molecule has 2 spiro atoms. The number of ether oxygens (including phenoxy) is 1. The van der Waals surface area contributed by atoms with Crippen LogP contribution >= 0.6 is 0 Å². The van der Waals surface area contributed by atoms with Gasteiger partial charge in [0.2, 0.25) is 5.91 Å². The van der Waals surface area contributed by atoms with Crippen LogP contribution in [0, 0.1) is 45.8 Å². The number of carbonyl (C=O) groups is 1. The van der Waals surface area contributed by atoms with Crippen molar-refractivity contribution in [3.05, 3.63) is 47.5 Å². The van der Waals surface area contributed by atoms with E-state index in [4.69, 9.17) is 4.74 Å². The molecule has 7 aliphatic rings. The van der Waals surface area contributed by atoms with E-state index < -0.39 is 0 Å². The summed E-state index contributed by atoms with van der Waals surface area (Å²) in [6, 6.07) is 10.8. The van der Waals surface area contributed by atoms with Gasteiger partial charge in [-0.05, 0) is 104 Å². The lowest BCUT2D eigenvalue weighted by Gasteiger charge is -2.50. The number of likely N-dealkylation sites (tertiary alicyclic amines) is 1. The highest BCUT2D eigenvalue weighted by molar-refractivity contribution is 5.76. The molecule has 2 heterocycles. The molecule has 8 rings (SSSR count).